The number of esters is 1. The summed E-state index contributed by atoms with van der Waals surface area (Å²) in [4.78, 5) is 15.1. The van der Waals surface area contributed by atoms with Gasteiger partial charge in [-0.1, -0.05) is 12.8 Å². The van der Waals surface area contributed by atoms with Gasteiger partial charge in [-0.2, -0.15) is 0 Å². The molecule has 106 valence electrons. The molecular formula is C16H18BrNO2. The zero-order chi connectivity index (χ0) is 14.3. The van der Waals surface area contributed by atoms with Gasteiger partial charge in [0.1, 0.15) is 0 Å². The molecular weight excluding hydrogens is 318 g/mol. The highest BCUT2D eigenvalue weighted by atomic mass is 79.9. The number of aromatic nitrogens is 1. The fraction of sp³-hybridized carbons (Fsp3) is 0.438. The Morgan fingerprint density at radius 2 is 2.05 bits per heavy atom. The van der Waals surface area contributed by atoms with E-state index < -0.39 is 0 Å². The first-order valence-electron chi connectivity index (χ1n) is 7.02. The van der Waals surface area contributed by atoms with Crippen LogP contribution >= 0.6 is 15.9 Å². The number of halogens is 1. The van der Waals surface area contributed by atoms with Gasteiger partial charge in [-0.05, 0) is 64.9 Å². The minimum absolute atomic E-state index is 0.289. The van der Waals surface area contributed by atoms with Crippen molar-refractivity contribution in [1.29, 1.82) is 0 Å². The van der Waals surface area contributed by atoms with Crippen molar-refractivity contribution >= 4 is 32.8 Å². The zero-order valence-corrected chi connectivity index (χ0v) is 13.3. The minimum Gasteiger partial charge on any atom is -0.465 e. The predicted molar refractivity (Wildman–Crippen MR) is 83.3 cm³/mol. The highest BCUT2D eigenvalue weighted by Crippen LogP contribution is 2.42. The van der Waals surface area contributed by atoms with Crippen LogP contribution < -0.4 is 0 Å². The number of benzene rings is 1. The third kappa shape index (κ3) is 2.16. The summed E-state index contributed by atoms with van der Waals surface area (Å²) in [5.74, 6) is 0.337. The second-order valence-corrected chi connectivity index (χ2v) is 6.33. The maximum absolute atomic E-state index is 11.7. The zero-order valence-electron chi connectivity index (χ0n) is 11.8. The van der Waals surface area contributed by atoms with Gasteiger partial charge in [0.2, 0.25) is 0 Å². The molecule has 1 fully saturated rings. The Hall–Kier alpha value is -1.29. The van der Waals surface area contributed by atoms with Crippen LogP contribution in [0.5, 0.6) is 0 Å². The molecule has 0 radical (unpaired) electrons. The fourth-order valence-electron chi connectivity index (χ4n) is 3.37. The molecule has 1 aromatic heterocycles. The SMILES string of the molecule is COC(=O)c1cc(C)c2c(C3CCCC3)c(Br)[nH]c2c1. The van der Waals surface area contributed by atoms with E-state index in [-0.39, 0.29) is 5.97 Å². The molecule has 1 aliphatic rings. The first-order valence-corrected chi connectivity index (χ1v) is 7.81. The number of H-pyrrole nitrogens is 1. The second kappa shape index (κ2) is 5.24. The Morgan fingerprint density at radius 1 is 1.35 bits per heavy atom. The molecule has 3 nitrogen and oxygen atoms in total. The largest absolute Gasteiger partial charge is 0.465 e. The van der Waals surface area contributed by atoms with E-state index in [4.69, 9.17) is 4.74 Å². The van der Waals surface area contributed by atoms with E-state index in [0.717, 1.165) is 15.7 Å². The maximum Gasteiger partial charge on any atom is 0.337 e. The van der Waals surface area contributed by atoms with Crippen molar-refractivity contribution in [3.8, 4) is 0 Å². The number of ether oxygens (including phenoxy) is 1. The van der Waals surface area contributed by atoms with Gasteiger partial charge in [-0.3, -0.25) is 0 Å². The van der Waals surface area contributed by atoms with Crippen LogP contribution in [0.2, 0.25) is 0 Å². The van der Waals surface area contributed by atoms with Crippen molar-refractivity contribution in [3.63, 3.8) is 0 Å². The predicted octanol–water partition coefficient (Wildman–Crippen LogP) is 4.68. The van der Waals surface area contributed by atoms with Crippen molar-refractivity contribution in [2.45, 2.75) is 38.5 Å². The molecule has 0 spiro atoms. The molecule has 1 N–H and O–H groups in total. The first kappa shape index (κ1) is 13.7. The number of rotatable bonds is 2. The summed E-state index contributed by atoms with van der Waals surface area (Å²) in [5.41, 5.74) is 4.13. The van der Waals surface area contributed by atoms with Crippen LogP contribution in [0.25, 0.3) is 10.9 Å². The van der Waals surface area contributed by atoms with Crippen molar-refractivity contribution in [1.82, 2.24) is 4.98 Å². The highest BCUT2D eigenvalue weighted by Gasteiger charge is 2.24. The topological polar surface area (TPSA) is 42.1 Å². The van der Waals surface area contributed by atoms with E-state index in [2.05, 4.69) is 27.8 Å². The molecule has 0 unspecified atom stereocenters. The number of fused-ring (bicyclic) bond motifs is 1. The lowest BCUT2D eigenvalue weighted by molar-refractivity contribution is 0.0601. The summed E-state index contributed by atoms with van der Waals surface area (Å²) in [7, 11) is 1.41. The van der Waals surface area contributed by atoms with Gasteiger partial charge in [0, 0.05) is 10.9 Å². The third-order valence-corrected chi connectivity index (χ3v) is 4.90. The highest BCUT2D eigenvalue weighted by molar-refractivity contribution is 9.10. The second-order valence-electron chi connectivity index (χ2n) is 5.54. The van der Waals surface area contributed by atoms with Gasteiger partial charge in [0.05, 0.1) is 17.3 Å². The molecule has 1 heterocycles. The number of nitrogens with one attached hydrogen (secondary N) is 1. The fourth-order valence-corrected chi connectivity index (χ4v) is 4.11. The first-order chi connectivity index (χ1) is 9.61. The van der Waals surface area contributed by atoms with E-state index >= 15 is 0 Å². The number of hydrogen-bond acceptors (Lipinski definition) is 2. The summed E-state index contributed by atoms with van der Waals surface area (Å²) in [6.45, 7) is 2.06. The number of aryl methyl sites for hydroxylation is 1. The molecule has 2 aromatic rings. The van der Waals surface area contributed by atoms with E-state index in [1.54, 1.807) is 0 Å². The van der Waals surface area contributed by atoms with Gasteiger partial charge in [0.25, 0.3) is 0 Å². The molecule has 3 rings (SSSR count). The Morgan fingerprint density at radius 3 is 2.70 bits per heavy atom. The van der Waals surface area contributed by atoms with Crippen molar-refractivity contribution in [2.75, 3.05) is 7.11 Å². The van der Waals surface area contributed by atoms with E-state index in [0.29, 0.717) is 11.5 Å². The quantitative estimate of drug-likeness (QED) is 0.809. The van der Waals surface area contributed by atoms with Crippen LogP contribution in [-0.2, 0) is 4.74 Å². The number of aromatic amines is 1. The van der Waals surface area contributed by atoms with E-state index in [1.165, 1.54) is 43.7 Å². The average molecular weight is 336 g/mol. The van der Waals surface area contributed by atoms with Gasteiger partial charge >= 0.3 is 5.97 Å². The Kier molecular flexibility index (Phi) is 3.59. The molecule has 0 aliphatic heterocycles. The molecule has 4 heteroatoms. The van der Waals surface area contributed by atoms with Gasteiger partial charge < -0.3 is 9.72 Å². The minimum atomic E-state index is -0.289. The van der Waals surface area contributed by atoms with Crippen LogP contribution in [-0.4, -0.2) is 18.1 Å². The molecule has 0 saturated heterocycles. The summed E-state index contributed by atoms with van der Waals surface area (Å²) in [6.07, 6.45) is 5.12. The Labute approximate surface area is 126 Å². The van der Waals surface area contributed by atoms with Gasteiger partial charge in [0.15, 0.2) is 0 Å². The Bertz CT molecular complexity index is 669. The normalized spacial score (nSPS) is 15.9. The summed E-state index contributed by atoms with van der Waals surface area (Å²) in [6, 6.07) is 3.81. The molecule has 0 atom stereocenters. The lowest BCUT2D eigenvalue weighted by Gasteiger charge is -2.11. The summed E-state index contributed by atoms with van der Waals surface area (Å²) in [5, 5.41) is 1.26. The molecule has 0 bridgehead atoms. The number of carbonyl (C=O) groups is 1. The average Bonchev–Trinajstić information content (AvgIpc) is 3.04. The maximum atomic E-state index is 11.7. The van der Waals surface area contributed by atoms with Crippen molar-refractivity contribution in [3.05, 3.63) is 33.4 Å². The summed E-state index contributed by atoms with van der Waals surface area (Å²) >= 11 is 3.66. The van der Waals surface area contributed by atoms with Crippen molar-refractivity contribution in [2.24, 2.45) is 0 Å². The van der Waals surface area contributed by atoms with Gasteiger partial charge in [-0.25, -0.2) is 4.79 Å². The molecule has 1 aliphatic carbocycles. The Balaban J connectivity index is 2.18. The lowest BCUT2D eigenvalue weighted by Crippen LogP contribution is -2.01. The standard InChI is InChI=1S/C16H18BrNO2/c1-9-7-11(16(19)20-2)8-12-13(9)14(15(17)18-12)10-5-3-4-6-10/h7-8,10,18H,3-6H2,1-2H3. The third-order valence-electron chi connectivity index (χ3n) is 4.27. The lowest BCUT2D eigenvalue weighted by atomic mass is 9.94. The monoisotopic (exact) mass is 335 g/mol. The molecule has 0 amide bonds. The molecule has 20 heavy (non-hydrogen) atoms. The summed E-state index contributed by atoms with van der Waals surface area (Å²) < 4.78 is 5.87. The number of hydrogen-bond donors (Lipinski definition) is 1. The molecule has 1 saturated carbocycles. The van der Waals surface area contributed by atoms with Crippen molar-refractivity contribution < 1.29 is 9.53 Å². The smallest absolute Gasteiger partial charge is 0.337 e. The van der Waals surface area contributed by atoms with E-state index in [1.807, 2.05) is 12.1 Å². The number of carbonyl (C=O) groups excluding carboxylic acids is 1. The van der Waals surface area contributed by atoms with Crippen LogP contribution in [0.1, 0.15) is 53.1 Å². The number of methoxy groups -OCH3 is 1. The van der Waals surface area contributed by atoms with Crippen LogP contribution in [0, 0.1) is 6.92 Å². The van der Waals surface area contributed by atoms with Crippen LogP contribution in [0.4, 0.5) is 0 Å². The van der Waals surface area contributed by atoms with Crippen LogP contribution in [0.3, 0.4) is 0 Å². The van der Waals surface area contributed by atoms with E-state index in [9.17, 15) is 4.79 Å². The van der Waals surface area contributed by atoms with Crippen LogP contribution in [0.15, 0.2) is 16.7 Å². The van der Waals surface area contributed by atoms with Gasteiger partial charge in [-0.15, -0.1) is 0 Å². The molecule has 1 aromatic carbocycles.